The van der Waals surface area contributed by atoms with Crippen molar-refractivity contribution in [3.05, 3.63) is 154 Å². The molecule has 0 unspecified atom stereocenters. The van der Waals surface area contributed by atoms with E-state index in [2.05, 4.69) is 46.5 Å². The molecule has 0 fully saturated rings. The first-order valence-corrected chi connectivity index (χ1v) is 14.8. The summed E-state index contributed by atoms with van der Waals surface area (Å²) >= 11 is 0. The molecule has 0 atom stereocenters. The standard InChI is InChI=1S/C33H27N3O3S/c1-23-22-24(18-19-29(23)40(2,38)39)31-30-28(20-21-34-31)36(35-32(30)37)33(25-12-6-3-7-13-25,26-14-8-4-9-15-26)27-16-10-5-11-17-27/h3-22H,1-2H3,(H,35,37). The fourth-order valence-electron chi connectivity index (χ4n) is 5.70. The molecule has 0 bridgehead atoms. The molecule has 0 amide bonds. The number of pyridine rings is 1. The average Bonchev–Trinajstić information content (AvgIpc) is 3.31. The topological polar surface area (TPSA) is 84.8 Å². The van der Waals surface area contributed by atoms with Gasteiger partial charge in [-0.2, -0.15) is 0 Å². The molecule has 40 heavy (non-hydrogen) atoms. The van der Waals surface area contributed by atoms with E-state index in [4.69, 9.17) is 0 Å². The Kier molecular flexibility index (Phi) is 6.24. The van der Waals surface area contributed by atoms with Gasteiger partial charge in [0.1, 0.15) is 5.54 Å². The summed E-state index contributed by atoms with van der Waals surface area (Å²) in [5.74, 6) is 0. The Bertz CT molecular complexity index is 1900. The third-order valence-electron chi connectivity index (χ3n) is 7.37. The first kappa shape index (κ1) is 25.5. The van der Waals surface area contributed by atoms with E-state index in [0.717, 1.165) is 16.7 Å². The quantitative estimate of drug-likeness (QED) is 0.262. The van der Waals surface area contributed by atoms with Gasteiger partial charge in [-0.05, 0) is 47.4 Å². The van der Waals surface area contributed by atoms with Gasteiger partial charge in [-0.25, -0.2) is 8.42 Å². The zero-order valence-corrected chi connectivity index (χ0v) is 22.9. The predicted molar refractivity (Wildman–Crippen MR) is 158 cm³/mol. The summed E-state index contributed by atoms with van der Waals surface area (Å²) in [6.45, 7) is 1.75. The second-order valence-electron chi connectivity index (χ2n) is 9.89. The lowest BCUT2D eigenvalue weighted by atomic mass is 9.77. The van der Waals surface area contributed by atoms with Crippen molar-refractivity contribution in [2.45, 2.75) is 17.4 Å². The second kappa shape index (κ2) is 9.77. The molecule has 6 rings (SSSR count). The lowest BCUT2D eigenvalue weighted by molar-refractivity contribution is 0.472. The fraction of sp³-hybridized carbons (Fsp3) is 0.0909. The van der Waals surface area contributed by atoms with Crippen LogP contribution in [0.25, 0.3) is 22.2 Å². The van der Waals surface area contributed by atoms with Crippen LogP contribution in [0.2, 0.25) is 0 Å². The van der Waals surface area contributed by atoms with E-state index >= 15 is 0 Å². The molecular weight excluding hydrogens is 518 g/mol. The van der Waals surface area contributed by atoms with Crippen molar-refractivity contribution in [2.24, 2.45) is 0 Å². The number of aromatic amines is 1. The lowest BCUT2D eigenvalue weighted by Crippen LogP contribution is -2.39. The Hall–Kier alpha value is -4.75. The first-order chi connectivity index (χ1) is 19.3. The number of nitrogens with zero attached hydrogens (tertiary/aromatic N) is 2. The van der Waals surface area contributed by atoms with E-state index < -0.39 is 15.4 Å². The van der Waals surface area contributed by atoms with E-state index in [9.17, 15) is 13.2 Å². The number of hydrogen-bond acceptors (Lipinski definition) is 4. The summed E-state index contributed by atoms with van der Waals surface area (Å²) in [4.78, 5) is 18.7. The highest BCUT2D eigenvalue weighted by Crippen LogP contribution is 2.42. The van der Waals surface area contributed by atoms with Gasteiger partial charge in [-0.1, -0.05) is 97.1 Å². The molecule has 7 heteroatoms. The van der Waals surface area contributed by atoms with Crippen LogP contribution < -0.4 is 5.56 Å². The van der Waals surface area contributed by atoms with E-state index in [0.29, 0.717) is 27.7 Å². The van der Waals surface area contributed by atoms with Crippen LogP contribution in [0.15, 0.2) is 131 Å². The minimum Gasteiger partial charge on any atom is -0.267 e. The Morgan fingerprint density at radius 1 is 0.750 bits per heavy atom. The molecule has 4 aromatic carbocycles. The number of aryl methyl sites for hydroxylation is 1. The number of H-pyrrole nitrogens is 1. The van der Waals surface area contributed by atoms with Crippen LogP contribution in [0.3, 0.4) is 0 Å². The maximum Gasteiger partial charge on any atom is 0.274 e. The van der Waals surface area contributed by atoms with Crippen molar-refractivity contribution < 1.29 is 8.42 Å². The largest absolute Gasteiger partial charge is 0.274 e. The van der Waals surface area contributed by atoms with Gasteiger partial charge in [0.05, 0.1) is 21.5 Å². The van der Waals surface area contributed by atoms with E-state index in [-0.39, 0.29) is 10.5 Å². The number of sulfone groups is 1. The molecule has 6 aromatic rings. The molecule has 1 N–H and O–H groups in total. The molecule has 0 saturated carbocycles. The molecule has 0 aliphatic carbocycles. The Balaban J connectivity index is 1.71. The summed E-state index contributed by atoms with van der Waals surface area (Å²) in [6, 6.07) is 37.2. The summed E-state index contributed by atoms with van der Waals surface area (Å²) in [5, 5.41) is 3.61. The van der Waals surface area contributed by atoms with Crippen molar-refractivity contribution in [3.8, 4) is 11.3 Å². The maximum absolute atomic E-state index is 13.8. The van der Waals surface area contributed by atoms with Gasteiger partial charge in [0.2, 0.25) is 0 Å². The van der Waals surface area contributed by atoms with Gasteiger partial charge in [0.25, 0.3) is 5.56 Å². The molecule has 2 aromatic heterocycles. The van der Waals surface area contributed by atoms with E-state index in [1.165, 1.54) is 6.26 Å². The van der Waals surface area contributed by atoms with Crippen LogP contribution in [0.1, 0.15) is 22.3 Å². The van der Waals surface area contributed by atoms with Crippen molar-refractivity contribution in [1.82, 2.24) is 14.8 Å². The van der Waals surface area contributed by atoms with Crippen molar-refractivity contribution >= 4 is 20.7 Å². The highest BCUT2D eigenvalue weighted by atomic mass is 32.2. The Labute approximate surface area is 232 Å². The smallest absolute Gasteiger partial charge is 0.267 e. The fourth-order valence-corrected chi connectivity index (χ4v) is 6.66. The molecule has 0 radical (unpaired) electrons. The van der Waals surface area contributed by atoms with E-state index in [1.54, 1.807) is 31.3 Å². The lowest BCUT2D eigenvalue weighted by Gasteiger charge is -2.37. The second-order valence-corrected chi connectivity index (χ2v) is 11.9. The molecule has 198 valence electrons. The first-order valence-electron chi connectivity index (χ1n) is 12.9. The molecule has 0 spiro atoms. The Morgan fingerprint density at radius 3 is 1.75 bits per heavy atom. The van der Waals surface area contributed by atoms with Crippen LogP contribution in [-0.2, 0) is 15.4 Å². The number of rotatable bonds is 6. The van der Waals surface area contributed by atoms with Crippen molar-refractivity contribution in [1.29, 1.82) is 0 Å². The highest BCUT2D eigenvalue weighted by molar-refractivity contribution is 7.90. The van der Waals surface area contributed by atoms with Gasteiger partial charge < -0.3 is 0 Å². The van der Waals surface area contributed by atoms with Gasteiger partial charge in [0.15, 0.2) is 9.84 Å². The maximum atomic E-state index is 13.8. The number of nitrogens with one attached hydrogen (secondary N) is 1. The Morgan fingerprint density at radius 2 is 1.27 bits per heavy atom. The number of hydrogen-bond donors (Lipinski definition) is 1. The SMILES string of the molecule is Cc1cc(-c2nccc3c2c(=O)[nH]n3C(c2ccccc2)(c2ccccc2)c2ccccc2)ccc1S(C)(=O)=O. The van der Waals surface area contributed by atoms with Crippen LogP contribution in [-0.4, -0.2) is 29.4 Å². The predicted octanol–water partition coefficient (Wildman–Crippen LogP) is 5.94. The summed E-state index contributed by atoms with van der Waals surface area (Å²) in [5.41, 5.74) is 4.19. The number of fused-ring (bicyclic) bond motifs is 1. The van der Waals surface area contributed by atoms with Crippen LogP contribution in [0.4, 0.5) is 0 Å². The zero-order valence-electron chi connectivity index (χ0n) is 22.1. The van der Waals surface area contributed by atoms with Crippen LogP contribution in [0, 0.1) is 6.92 Å². The normalized spacial score (nSPS) is 12.1. The van der Waals surface area contributed by atoms with Gasteiger partial charge in [0, 0.05) is 18.0 Å². The molecule has 0 aliphatic rings. The van der Waals surface area contributed by atoms with E-state index in [1.807, 2.05) is 65.3 Å². The third-order valence-corrected chi connectivity index (χ3v) is 8.63. The molecule has 2 heterocycles. The van der Waals surface area contributed by atoms with Gasteiger partial charge in [-0.15, -0.1) is 0 Å². The van der Waals surface area contributed by atoms with Crippen molar-refractivity contribution in [3.63, 3.8) is 0 Å². The summed E-state index contributed by atoms with van der Waals surface area (Å²) in [6.07, 6.45) is 2.88. The van der Waals surface area contributed by atoms with Crippen molar-refractivity contribution in [2.75, 3.05) is 6.26 Å². The molecule has 6 nitrogen and oxygen atoms in total. The monoisotopic (exact) mass is 545 g/mol. The molecule has 0 aliphatic heterocycles. The van der Waals surface area contributed by atoms with Gasteiger partial charge in [-0.3, -0.25) is 19.6 Å². The molecular formula is C33H27N3O3S. The number of aromatic nitrogens is 3. The zero-order chi connectivity index (χ0) is 27.9. The van der Waals surface area contributed by atoms with Gasteiger partial charge >= 0.3 is 0 Å². The summed E-state index contributed by atoms with van der Waals surface area (Å²) in [7, 11) is -3.38. The number of benzene rings is 4. The minimum atomic E-state index is -3.38. The highest BCUT2D eigenvalue weighted by Gasteiger charge is 2.40. The minimum absolute atomic E-state index is 0.256. The summed E-state index contributed by atoms with van der Waals surface area (Å²) < 4.78 is 26.4. The third kappa shape index (κ3) is 4.06. The molecule has 0 saturated heterocycles. The van der Waals surface area contributed by atoms with Crippen LogP contribution >= 0.6 is 0 Å². The average molecular weight is 546 g/mol. The van der Waals surface area contributed by atoms with Crippen LogP contribution in [0.5, 0.6) is 0 Å².